The first-order valence-electron chi connectivity index (χ1n) is 8.33. The van der Waals surface area contributed by atoms with Gasteiger partial charge in [0.25, 0.3) is 5.91 Å². The third-order valence-electron chi connectivity index (χ3n) is 4.23. The summed E-state index contributed by atoms with van der Waals surface area (Å²) >= 11 is 0. The molecule has 136 valence electrons. The van der Waals surface area contributed by atoms with Gasteiger partial charge in [0, 0.05) is 38.1 Å². The molecule has 1 saturated heterocycles. The first-order chi connectivity index (χ1) is 12.6. The van der Waals surface area contributed by atoms with Crippen molar-refractivity contribution in [3.05, 3.63) is 47.8 Å². The highest BCUT2D eigenvalue weighted by atomic mass is 16.5. The molecule has 26 heavy (non-hydrogen) atoms. The van der Waals surface area contributed by atoms with Gasteiger partial charge in [0.15, 0.2) is 0 Å². The Balaban J connectivity index is 1.69. The number of amides is 1. The van der Waals surface area contributed by atoms with Gasteiger partial charge < -0.3 is 19.9 Å². The predicted molar refractivity (Wildman–Crippen MR) is 96.5 cm³/mol. The molecule has 0 bridgehead atoms. The summed E-state index contributed by atoms with van der Waals surface area (Å²) in [6, 6.07) is 8.36. The lowest BCUT2D eigenvalue weighted by Crippen LogP contribution is -2.47. The van der Waals surface area contributed by atoms with Crippen LogP contribution in [-0.2, 0) is 4.74 Å². The van der Waals surface area contributed by atoms with E-state index in [4.69, 9.17) is 0 Å². The lowest BCUT2D eigenvalue weighted by atomic mass is 10.2. The van der Waals surface area contributed by atoms with Crippen LogP contribution in [-0.4, -0.2) is 72.0 Å². The number of likely N-dealkylation sites (N-methyl/N-ethyl adjacent to an activating group) is 1. The van der Waals surface area contributed by atoms with Crippen molar-refractivity contribution in [3.8, 4) is 0 Å². The number of rotatable bonds is 4. The number of methoxy groups -OCH3 is 1. The van der Waals surface area contributed by atoms with Crippen molar-refractivity contribution in [3.63, 3.8) is 0 Å². The Morgan fingerprint density at radius 2 is 1.77 bits per heavy atom. The van der Waals surface area contributed by atoms with Crippen molar-refractivity contribution in [2.75, 3.05) is 45.7 Å². The van der Waals surface area contributed by atoms with Gasteiger partial charge in [-0.3, -0.25) is 4.79 Å². The van der Waals surface area contributed by atoms with Crippen molar-refractivity contribution in [1.29, 1.82) is 0 Å². The van der Waals surface area contributed by atoms with Gasteiger partial charge in [0.2, 0.25) is 5.95 Å². The zero-order valence-electron chi connectivity index (χ0n) is 14.8. The Morgan fingerprint density at radius 3 is 2.42 bits per heavy atom. The first-order valence-corrected chi connectivity index (χ1v) is 8.33. The number of benzene rings is 1. The average molecular weight is 355 g/mol. The number of aromatic nitrogens is 2. The Bertz CT molecular complexity index is 786. The summed E-state index contributed by atoms with van der Waals surface area (Å²) in [5.41, 5.74) is 1.53. The number of nitrogens with one attached hydrogen (secondary N) is 1. The van der Waals surface area contributed by atoms with Crippen LogP contribution in [0.5, 0.6) is 0 Å². The minimum Gasteiger partial charge on any atom is -0.465 e. The minimum absolute atomic E-state index is 0.0930. The highest BCUT2D eigenvalue weighted by molar-refractivity contribution is 5.92. The van der Waals surface area contributed by atoms with E-state index in [2.05, 4.69) is 24.9 Å². The molecular formula is C18H21N5O3. The SMILES string of the molecule is COC(=O)c1ccc(Nc2nccc(C(=O)N3CCN(C)CC3)n2)cc1. The monoisotopic (exact) mass is 355 g/mol. The molecule has 1 aliphatic heterocycles. The fourth-order valence-electron chi connectivity index (χ4n) is 2.65. The molecular weight excluding hydrogens is 334 g/mol. The number of piperazine rings is 1. The van der Waals surface area contributed by atoms with Gasteiger partial charge in [-0.25, -0.2) is 14.8 Å². The summed E-state index contributed by atoms with van der Waals surface area (Å²) in [6.45, 7) is 3.09. The van der Waals surface area contributed by atoms with Crippen LogP contribution in [0.2, 0.25) is 0 Å². The molecule has 0 spiro atoms. The number of hydrogen-bond donors (Lipinski definition) is 1. The third kappa shape index (κ3) is 4.15. The summed E-state index contributed by atoms with van der Waals surface area (Å²) in [7, 11) is 3.38. The van der Waals surface area contributed by atoms with Crippen molar-refractivity contribution >= 4 is 23.5 Å². The topological polar surface area (TPSA) is 87.7 Å². The van der Waals surface area contributed by atoms with E-state index in [-0.39, 0.29) is 5.91 Å². The van der Waals surface area contributed by atoms with Gasteiger partial charge >= 0.3 is 5.97 Å². The molecule has 2 heterocycles. The van der Waals surface area contributed by atoms with Crippen molar-refractivity contribution < 1.29 is 14.3 Å². The molecule has 3 rings (SSSR count). The number of esters is 1. The van der Waals surface area contributed by atoms with E-state index in [9.17, 15) is 9.59 Å². The van der Waals surface area contributed by atoms with Gasteiger partial charge in [-0.2, -0.15) is 0 Å². The average Bonchev–Trinajstić information content (AvgIpc) is 2.68. The second-order valence-corrected chi connectivity index (χ2v) is 6.05. The van der Waals surface area contributed by atoms with Crippen molar-refractivity contribution in [1.82, 2.24) is 19.8 Å². The molecule has 0 aliphatic carbocycles. The number of carbonyl (C=O) groups excluding carboxylic acids is 2. The highest BCUT2D eigenvalue weighted by Gasteiger charge is 2.21. The molecule has 1 aromatic carbocycles. The van der Waals surface area contributed by atoms with Crippen LogP contribution >= 0.6 is 0 Å². The molecule has 2 aromatic rings. The molecule has 1 aromatic heterocycles. The van der Waals surface area contributed by atoms with Crippen LogP contribution in [0.3, 0.4) is 0 Å². The summed E-state index contributed by atoms with van der Waals surface area (Å²) in [6.07, 6.45) is 1.56. The zero-order valence-corrected chi connectivity index (χ0v) is 14.8. The third-order valence-corrected chi connectivity index (χ3v) is 4.23. The summed E-state index contributed by atoms with van der Waals surface area (Å²) in [5, 5.41) is 3.04. The highest BCUT2D eigenvalue weighted by Crippen LogP contribution is 2.15. The molecule has 1 fully saturated rings. The lowest BCUT2D eigenvalue weighted by molar-refractivity contribution is 0.0599. The van der Waals surface area contributed by atoms with Gasteiger partial charge in [0.1, 0.15) is 5.69 Å². The normalized spacial score (nSPS) is 14.8. The number of anilines is 2. The summed E-state index contributed by atoms with van der Waals surface area (Å²) in [5.74, 6) is -0.159. The number of ether oxygens (including phenoxy) is 1. The second kappa shape index (κ2) is 7.92. The smallest absolute Gasteiger partial charge is 0.337 e. The molecule has 1 aliphatic rings. The van der Waals surface area contributed by atoms with E-state index in [0.29, 0.717) is 36.0 Å². The van der Waals surface area contributed by atoms with Crippen LogP contribution in [0, 0.1) is 0 Å². The van der Waals surface area contributed by atoms with Gasteiger partial charge in [0.05, 0.1) is 12.7 Å². The maximum absolute atomic E-state index is 12.6. The van der Waals surface area contributed by atoms with Crippen LogP contribution in [0.25, 0.3) is 0 Å². The fraction of sp³-hybridized carbons (Fsp3) is 0.333. The first kappa shape index (κ1) is 17.8. The molecule has 8 heteroatoms. The number of nitrogens with zero attached hydrogens (tertiary/aromatic N) is 4. The lowest BCUT2D eigenvalue weighted by Gasteiger charge is -2.32. The Morgan fingerprint density at radius 1 is 1.08 bits per heavy atom. The van der Waals surface area contributed by atoms with Crippen LogP contribution in [0.4, 0.5) is 11.6 Å². The number of hydrogen-bond acceptors (Lipinski definition) is 7. The number of carbonyl (C=O) groups is 2. The molecule has 0 saturated carbocycles. The maximum atomic E-state index is 12.6. The molecule has 8 nitrogen and oxygen atoms in total. The van der Waals surface area contributed by atoms with E-state index in [1.807, 2.05) is 7.05 Å². The van der Waals surface area contributed by atoms with Crippen LogP contribution < -0.4 is 5.32 Å². The second-order valence-electron chi connectivity index (χ2n) is 6.05. The van der Waals surface area contributed by atoms with E-state index in [1.165, 1.54) is 7.11 Å². The van der Waals surface area contributed by atoms with Gasteiger partial charge in [-0.05, 0) is 37.4 Å². The molecule has 0 unspecified atom stereocenters. The van der Waals surface area contributed by atoms with Crippen molar-refractivity contribution in [2.45, 2.75) is 0 Å². The maximum Gasteiger partial charge on any atom is 0.337 e. The van der Waals surface area contributed by atoms with Gasteiger partial charge in [-0.15, -0.1) is 0 Å². The molecule has 1 N–H and O–H groups in total. The minimum atomic E-state index is -0.396. The molecule has 1 amide bonds. The zero-order chi connectivity index (χ0) is 18.5. The Labute approximate surface area is 151 Å². The van der Waals surface area contributed by atoms with E-state index in [1.54, 1.807) is 41.4 Å². The van der Waals surface area contributed by atoms with E-state index in [0.717, 1.165) is 13.1 Å². The van der Waals surface area contributed by atoms with E-state index < -0.39 is 5.97 Å². The Hall–Kier alpha value is -3.00. The van der Waals surface area contributed by atoms with E-state index >= 15 is 0 Å². The molecule has 0 atom stereocenters. The standard InChI is InChI=1S/C18H21N5O3/c1-22-9-11-23(12-10-22)16(24)15-7-8-19-18(21-15)20-14-5-3-13(4-6-14)17(25)26-2/h3-8H,9-12H2,1-2H3,(H,19,20,21). The van der Waals surface area contributed by atoms with Gasteiger partial charge in [-0.1, -0.05) is 0 Å². The van der Waals surface area contributed by atoms with Crippen LogP contribution in [0.15, 0.2) is 36.5 Å². The van der Waals surface area contributed by atoms with Crippen LogP contribution in [0.1, 0.15) is 20.8 Å². The van der Waals surface area contributed by atoms with Crippen molar-refractivity contribution in [2.24, 2.45) is 0 Å². The largest absolute Gasteiger partial charge is 0.465 e. The predicted octanol–water partition coefficient (Wildman–Crippen LogP) is 1.39. The summed E-state index contributed by atoms with van der Waals surface area (Å²) in [4.78, 5) is 36.5. The summed E-state index contributed by atoms with van der Waals surface area (Å²) < 4.78 is 4.67. The Kier molecular flexibility index (Phi) is 5.43. The fourth-order valence-corrected chi connectivity index (χ4v) is 2.65. The quantitative estimate of drug-likeness (QED) is 0.829. The molecule has 0 radical (unpaired) electrons.